The third-order valence-electron chi connectivity index (χ3n) is 3.64. The molecule has 0 radical (unpaired) electrons. The Hall–Kier alpha value is -2.03. The fraction of sp³-hybridized carbons (Fsp3) is 0.500. The van der Waals surface area contributed by atoms with E-state index in [9.17, 15) is 27.6 Å². The number of nitrogens with one attached hydrogen (secondary N) is 1. The maximum atomic E-state index is 12.8. The van der Waals surface area contributed by atoms with Gasteiger partial charge >= 0.3 is 6.18 Å². The lowest BCUT2D eigenvalue weighted by molar-refractivity contribution is -0.138. The Morgan fingerprint density at radius 2 is 2.08 bits per heavy atom. The quantitative estimate of drug-likeness (QED) is 0.873. The van der Waals surface area contributed by atoms with Gasteiger partial charge in [-0.15, -0.1) is 0 Å². The van der Waals surface area contributed by atoms with Gasteiger partial charge in [0.05, 0.1) is 11.6 Å². The molecule has 2 amide bonds. The summed E-state index contributed by atoms with van der Waals surface area (Å²) in [6.07, 6.45) is -4.02. The second kappa shape index (κ2) is 6.84. The summed E-state index contributed by atoms with van der Waals surface area (Å²) in [7, 11) is 0. The molecule has 0 aliphatic carbocycles. The van der Waals surface area contributed by atoms with Crippen LogP contribution in [-0.2, 0) is 22.3 Å². The van der Waals surface area contributed by atoms with Gasteiger partial charge in [0.1, 0.15) is 11.6 Å². The van der Waals surface area contributed by atoms with E-state index in [2.05, 4.69) is 5.32 Å². The number of likely N-dealkylation sites (tertiary alicyclic amines) is 1. The number of pyridine rings is 1. The molecule has 2 heterocycles. The number of carbonyl (C=O) groups is 2. The molecule has 0 bridgehead atoms. The van der Waals surface area contributed by atoms with Gasteiger partial charge in [-0.1, -0.05) is 11.6 Å². The molecule has 0 aromatic carbocycles. The lowest BCUT2D eigenvalue weighted by Gasteiger charge is -2.16. The van der Waals surface area contributed by atoms with Crippen molar-refractivity contribution >= 4 is 23.4 Å². The standard InChI is InChI=1S/C14H15ClF3N3O3/c1-2-20-6-9(4-12(20)23)19-11(22)7-21-5-8(14(16,17)18)3-10(15)13(21)24/h3,5,9H,2,4,6-7H2,1H3,(H,19,22). The monoisotopic (exact) mass is 365 g/mol. The molecule has 0 spiro atoms. The largest absolute Gasteiger partial charge is 0.417 e. The Balaban J connectivity index is 2.11. The van der Waals surface area contributed by atoms with E-state index in [1.807, 2.05) is 0 Å². The van der Waals surface area contributed by atoms with E-state index in [-0.39, 0.29) is 12.3 Å². The van der Waals surface area contributed by atoms with E-state index in [4.69, 9.17) is 11.6 Å². The van der Waals surface area contributed by atoms with Crippen LogP contribution in [0.3, 0.4) is 0 Å². The van der Waals surface area contributed by atoms with Crippen molar-refractivity contribution in [3.63, 3.8) is 0 Å². The minimum atomic E-state index is -4.69. The van der Waals surface area contributed by atoms with Gasteiger partial charge in [-0.3, -0.25) is 14.4 Å². The molecule has 132 valence electrons. The third-order valence-corrected chi connectivity index (χ3v) is 3.92. The van der Waals surface area contributed by atoms with Crippen LogP contribution < -0.4 is 10.9 Å². The van der Waals surface area contributed by atoms with Crippen LogP contribution in [0.25, 0.3) is 0 Å². The predicted octanol–water partition coefficient (Wildman–Crippen LogP) is 1.26. The molecule has 1 unspecified atom stereocenters. The van der Waals surface area contributed by atoms with Crippen LogP contribution in [0.15, 0.2) is 17.1 Å². The highest BCUT2D eigenvalue weighted by molar-refractivity contribution is 6.30. The summed E-state index contributed by atoms with van der Waals surface area (Å²) in [6.45, 7) is 2.03. The molecule has 1 aliphatic rings. The van der Waals surface area contributed by atoms with Crippen LogP contribution in [0.2, 0.25) is 5.02 Å². The lowest BCUT2D eigenvalue weighted by atomic mass is 10.2. The van der Waals surface area contributed by atoms with Gasteiger partial charge < -0.3 is 14.8 Å². The number of aromatic nitrogens is 1. The van der Waals surface area contributed by atoms with Gasteiger partial charge in [0.15, 0.2) is 0 Å². The van der Waals surface area contributed by atoms with E-state index in [1.165, 1.54) is 0 Å². The predicted molar refractivity (Wildman–Crippen MR) is 79.5 cm³/mol. The lowest BCUT2D eigenvalue weighted by Crippen LogP contribution is -2.40. The maximum Gasteiger partial charge on any atom is 0.417 e. The maximum absolute atomic E-state index is 12.8. The second-order valence-corrected chi connectivity index (χ2v) is 5.82. The van der Waals surface area contributed by atoms with Gasteiger partial charge in [0.2, 0.25) is 11.8 Å². The SMILES string of the molecule is CCN1CC(NC(=O)Cn2cc(C(F)(F)F)cc(Cl)c2=O)CC1=O. The zero-order valence-electron chi connectivity index (χ0n) is 12.7. The van der Waals surface area contributed by atoms with E-state index < -0.39 is 40.8 Å². The summed E-state index contributed by atoms with van der Waals surface area (Å²) in [6, 6.07) is 0.0921. The molecule has 0 saturated carbocycles. The summed E-state index contributed by atoms with van der Waals surface area (Å²) in [5, 5.41) is 1.92. The number of hydrogen-bond donors (Lipinski definition) is 1. The number of rotatable bonds is 4. The number of likely N-dealkylation sites (N-methyl/N-ethyl adjacent to an activating group) is 1. The number of carbonyl (C=O) groups excluding carboxylic acids is 2. The van der Waals surface area contributed by atoms with Crippen molar-refractivity contribution in [2.24, 2.45) is 0 Å². The molecule has 2 rings (SSSR count). The first-order valence-corrected chi connectivity index (χ1v) is 7.54. The van der Waals surface area contributed by atoms with Crippen molar-refractivity contribution in [2.75, 3.05) is 13.1 Å². The topological polar surface area (TPSA) is 71.4 Å². The zero-order chi connectivity index (χ0) is 18.1. The molecular weight excluding hydrogens is 351 g/mol. The average Bonchev–Trinajstić information content (AvgIpc) is 2.82. The molecule has 1 fully saturated rings. The van der Waals surface area contributed by atoms with Crippen LogP contribution >= 0.6 is 11.6 Å². The number of alkyl halides is 3. The van der Waals surface area contributed by atoms with Crippen molar-refractivity contribution in [3.05, 3.63) is 33.2 Å². The fourth-order valence-electron chi connectivity index (χ4n) is 2.47. The van der Waals surface area contributed by atoms with Crippen molar-refractivity contribution in [1.82, 2.24) is 14.8 Å². The number of nitrogens with zero attached hydrogens (tertiary/aromatic N) is 2. The van der Waals surface area contributed by atoms with Crippen LogP contribution in [0.4, 0.5) is 13.2 Å². The zero-order valence-corrected chi connectivity index (χ0v) is 13.4. The minimum absolute atomic E-state index is 0.109. The molecule has 24 heavy (non-hydrogen) atoms. The van der Waals surface area contributed by atoms with Crippen LogP contribution in [0, 0.1) is 0 Å². The summed E-state index contributed by atoms with van der Waals surface area (Å²) in [5.74, 6) is -0.773. The summed E-state index contributed by atoms with van der Waals surface area (Å²) >= 11 is 5.52. The molecular formula is C14H15ClF3N3O3. The Morgan fingerprint density at radius 1 is 1.42 bits per heavy atom. The first-order valence-electron chi connectivity index (χ1n) is 7.16. The first-order chi connectivity index (χ1) is 11.1. The van der Waals surface area contributed by atoms with Crippen molar-refractivity contribution in [2.45, 2.75) is 32.1 Å². The van der Waals surface area contributed by atoms with Crippen LogP contribution in [-0.4, -0.2) is 40.4 Å². The Labute approximate surface area is 140 Å². The molecule has 1 aliphatic heterocycles. The van der Waals surface area contributed by atoms with Gasteiger partial charge in [0, 0.05) is 25.7 Å². The number of halogens is 4. The van der Waals surface area contributed by atoms with Gasteiger partial charge in [-0.2, -0.15) is 13.2 Å². The Kier molecular flexibility index (Phi) is 5.22. The number of amides is 2. The highest BCUT2D eigenvalue weighted by Gasteiger charge is 2.33. The van der Waals surface area contributed by atoms with E-state index >= 15 is 0 Å². The van der Waals surface area contributed by atoms with Gasteiger partial charge in [-0.05, 0) is 13.0 Å². The minimum Gasteiger partial charge on any atom is -0.350 e. The summed E-state index contributed by atoms with van der Waals surface area (Å²) in [4.78, 5) is 36.9. The van der Waals surface area contributed by atoms with Gasteiger partial charge in [-0.25, -0.2) is 0 Å². The molecule has 6 nitrogen and oxygen atoms in total. The molecule has 1 aromatic heterocycles. The smallest absolute Gasteiger partial charge is 0.350 e. The average molecular weight is 366 g/mol. The van der Waals surface area contributed by atoms with E-state index in [0.29, 0.717) is 29.9 Å². The second-order valence-electron chi connectivity index (χ2n) is 5.41. The van der Waals surface area contributed by atoms with E-state index in [1.54, 1.807) is 11.8 Å². The number of hydrogen-bond acceptors (Lipinski definition) is 3. The molecule has 1 aromatic rings. The van der Waals surface area contributed by atoms with E-state index in [0.717, 1.165) is 0 Å². The highest BCUT2D eigenvalue weighted by atomic mass is 35.5. The fourth-order valence-corrected chi connectivity index (χ4v) is 2.70. The Morgan fingerprint density at radius 3 is 2.62 bits per heavy atom. The third kappa shape index (κ3) is 4.08. The first kappa shape index (κ1) is 18.3. The summed E-state index contributed by atoms with van der Waals surface area (Å²) in [5.41, 5.74) is -2.01. The molecule has 10 heteroatoms. The normalized spacial score (nSPS) is 18.1. The van der Waals surface area contributed by atoms with Crippen molar-refractivity contribution < 1.29 is 22.8 Å². The molecule has 1 atom stereocenters. The Bertz CT molecular complexity index is 717. The van der Waals surface area contributed by atoms with Crippen LogP contribution in [0.5, 0.6) is 0 Å². The van der Waals surface area contributed by atoms with Gasteiger partial charge in [0.25, 0.3) is 5.56 Å². The van der Waals surface area contributed by atoms with Crippen molar-refractivity contribution in [3.8, 4) is 0 Å². The molecule has 1 N–H and O–H groups in total. The highest BCUT2D eigenvalue weighted by Crippen LogP contribution is 2.29. The molecule has 1 saturated heterocycles. The van der Waals surface area contributed by atoms with Crippen molar-refractivity contribution in [1.29, 1.82) is 0 Å². The summed E-state index contributed by atoms with van der Waals surface area (Å²) < 4.78 is 38.9. The van der Waals surface area contributed by atoms with Crippen LogP contribution in [0.1, 0.15) is 18.9 Å².